The molecule has 5 fully saturated rings. The van der Waals surface area contributed by atoms with Crippen LogP contribution >= 0.6 is 19.4 Å². The summed E-state index contributed by atoms with van der Waals surface area (Å²) in [7, 11) is -3.68. The molecule has 4 aliphatic carbocycles. The molecule has 13 atom stereocenters. The van der Waals surface area contributed by atoms with Gasteiger partial charge < -0.3 is 10.2 Å². The van der Waals surface area contributed by atoms with Crippen LogP contribution in [0.15, 0.2) is 18.5 Å². The standard InChI is InChI=1S/C33H51ClNO6P/c1-5-22-27-18-21(36)8-13-33(27,4)26-9-14-32(3)24(6-7-25(32)30(26)31(22)37)20(2)11-16-39-42(38)40-17-12-29(41-42)23-10-15-35-19-28(23)34/h10,15,19-22,24-27,29-31,36-37H,5-9,11-14,16-18H2,1-4H3/t20-,21-,22-,24-,25?,26?,27?,29-,30?,31-,32-,33-,42+/m1/s1. The first-order valence-corrected chi connectivity index (χ1v) is 18.4. The lowest BCUT2D eigenvalue weighted by Gasteiger charge is -2.64. The van der Waals surface area contributed by atoms with Gasteiger partial charge in [0.15, 0.2) is 0 Å². The Balaban J connectivity index is 1.11. The van der Waals surface area contributed by atoms with E-state index >= 15 is 0 Å². The molecule has 0 bridgehead atoms. The number of aromatic nitrogens is 1. The highest BCUT2D eigenvalue weighted by Crippen LogP contribution is 2.69. The molecular weight excluding hydrogens is 573 g/mol. The average molecular weight is 624 g/mol. The molecule has 6 rings (SSSR count). The van der Waals surface area contributed by atoms with Crippen molar-refractivity contribution in [3.63, 3.8) is 0 Å². The van der Waals surface area contributed by atoms with Crippen LogP contribution in [0.1, 0.15) is 104 Å². The van der Waals surface area contributed by atoms with E-state index in [9.17, 15) is 14.8 Å². The maximum absolute atomic E-state index is 13.4. The topological polar surface area (TPSA) is 98.1 Å². The number of fused-ring (bicyclic) bond motifs is 5. The molecule has 7 nitrogen and oxygen atoms in total. The molecule has 2 N–H and O–H groups in total. The summed E-state index contributed by atoms with van der Waals surface area (Å²) in [6.45, 7) is 10.2. The maximum Gasteiger partial charge on any atom is 0.475 e. The second kappa shape index (κ2) is 12.0. The number of phosphoric acid groups is 1. The van der Waals surface area contributed by atoms with E-state index < -0.39 is 13.9 Å². The molecule has 4 unspecified atom stereocenters. The van der Waals surface area contributed by atoms with Gasteiger partial charge in [-0.05, 0) is 110 Å². The molecule has 1 saturated heterocycles. The third-order valence-electron chi connectivity index (χ3n) is 13.0. The summed E-state index contributed by atoms with van der Waals surface area (Å²) < 4.78 is 30.6. The Morgan fingerprint density at radius 3 is 2.64 bits per heavy atom. The molecule has 0 amide bonds. The Kier molecular flexibility index (Phi) is 8.99. The molecule has 1 aromatic rings. The number of hydrogen-bond donors (Lipinski definition) is 2. The molecule has 42 heavy (non-hydrogen) atoms. The van der Waals surface area contributed by atoms with Crippen LogP contribution in [0.3, 0.4) is 0 Å². The summed E-state index contributed by atoms with van der Waals surface area (Å²) in [6.07, 6.45) is 12.2. The maximum atomic E-state index is 13.4. The van der Waals surface area contributed by atoms with Gasteiger partial charge in [-0.3, -0.25) is 18.6 Å². The molecule has 236 valence electrons. The number of hydrogen-bond acceptors (Lipinski definition) is 7. The van der Waals surface area contributed by atoms with Crippen LogP contribution in [0.2, 0.25) is 5.02 Å². The molecule has 9 heteroatoms. The van der Waals surface area contributed by atoms with Crippen molar-refractivity contribution in [2.45, 2.75) is 110 Å². The number of phosphoric ester groups is 1. The highest BCUT2D eigenvalue weighted by Gasteiger charge is 2.64. The SMILES string of the molecule is CC[C@@H]1C2C[C@H](O)CC[C@]2(C)C2CC[C@@]3(C)C(CC[C@@H]3[C@H](C)CCO[P@@]3(=O)OCC[C@H](c4ccncc4Cl)O3)C2[C@@H]1O. The third kappa shape index (κ3) is 5.35. The fraction of sp³-hybridized carbons (Fsp3) is 0.848. The number of pyridine rings is 1. The zero-order valence-electron chi connectivity index (χ0n) is 25.8. The quantitative estimate of drug-likeness (QED) is 0.297. The van der Waals surface area contributed by atoms with E-state index in [1.807, 2.05) is 0 Å². The van der Waals surface area contributed by atoms with Gasteiger partial charge in [-0.1, -0.05) is 45.7 Å². The van der Waals surface area contributed by atoms with Gasteiger partial charge in [-0.15, -0.1) is 0 Å². The minimum absolute atomic E-state index is 0.183. The van der Waals surface area contributed by atoms with Crippen LogP contribution in [0.4, 0.5) is 0 Å². The van der Waals surface area contributed by atoms with Gasteiger partial charge in [0.1, 0.15) is 0 Å². The van der Waals surface area contributed by atoms with E-state index in [1.165, 1.54) is 25.7 Å². The number of rotatable bonds is 7. The molecular formula is C33H51ClNO6P. The lowest BCUT2D eigenvalue weighted by Crippen LogP contribution is -2.62. The van der Waals surface area contributed by atoms with Gasteiger partial charge in [0.05, 0.1) is 36.5 Å². The molecule has 0 aromatic carbocycles. The summed E-state index contributed by atoms with van der Waals surface area (Å²) in [6, 6.07) is 1.79. The van der Waals surface area contributed by atoms with Gasteiger partial charge in [0.25, 0.3) is 0 Å². The van der Waals surface area contributed by atoms with E-state index in [-0.39, 0.29) is 29.0 Å². The van der Waals surface area contributed by atoms with Crippen molar-refractivity contribution in [3.8, 4) is 0 Å². The van der Waals surface area contributed by atoms with Crippen molar-refractivity contribution in [1.29, 1.82) is 0 Å². The lowest BCUT2D eigenvalue weighted by molar-refractivity contribution is -0.203. The molecule has 0 radical (unpaired) electrons. The Hall–Kier alpha value is -0.530. The highest BCUT2D eigenvalue weighted by molar-refractivity contribution is 7.48. The second-order valence-corrected chi connectivity index (χ2v) is 16.8. The van der Waals surface area contributed by atoms with Crippen LogP contribution in [-0.2, 0) is 18.1 Å². The van der Waals surface area contributed by atoms with Gasteiger partial charge in [-0.25, -0.2) is 4.57 Å². The van der Waals surface area contributed by atoms with Crippen molar-refractivity contribution in [1.82, 2.24) is 4.98 Å². The van der Waals surface area contributed by atoms with Crippen LogP contribution in [0, 0.1) is 52.3 Å². The normalized spacial score (nSPS) is 47.7. The zero-order valence-corrected chi connectivity index (χ0v) is 27.4. The Labute approximate surface area is 257 Å². The minimum atomic E-state index is -3.68. The lowest BCUT2D eigenvalue weighted by atomic mass is 9.41. The fourth-order valence-electron chi connectivity index (χ4n) is 10.9. The van der Waals surface area contributed by atoms with Gasteiger partial charge >= 0.3 is 7.82 Å². The van der Waals surface area contributed by atoms with E-state index in [4.69, 9.17) is 25.2 Å². The van der Waals surface area contributed by atoms with E-state index in [2.05, 4.69) is 32.7 Å². The van der Waals surface area contributed by atoms with Crippen molar-refractivity contribution in [3.05, 3.63) is 29.0 Å². The van der Waals surface area contributed by atoms with Gasteiger partial charge in [0.2, 0.25) is 0 Å². The summed E-state index contributed by atoms with van der Waals surface area (Å²) in [5.74, 6) is 3.03. The van der Waals surface area contributed by atoms with Crippen LogP contribution in [0.5, 0.6) is 0 Å². The summed E-state index contributed by atoms with van der Waals surface area (Å²) in [5, 5.41) is 23.0. The molecule has 0 spiro atoms. The average Bonchev–Trinajstić information content (AvgIpc) is 3.31. The summed E-state index contributed by atoms with van der Waals surface area (Å²) in [4.78, 5) is 4.03. The van der Waals surface area contributed by atoms with Gasteiger partial charge in [0, 0.05) is 24.4 Å². The van der Waals surface area contributed by atoms with Crippen molar-refractivity contribution < 1.29 is 28.3 Å². The number of aliphatic hydroxyl groups is 2. The molecule has 1 aliphatic heterocycles. The van der Waals surface area contributed by atoms with Crippen LogP contribution in [0.25, 0.3) is 0 Å². The highest BCUT2D eigenvalue weighted by atomic mass is 35.5. The predicted molar refractivity (Wildman–Crippen MR) is 163 cm³/mol. The Bertz CT molecular complexity index is 1170. The van der Waals surface area contributed by atoms with E-state index in [0.29, 0.717) is 60.2 Å². The smallest absolute Gasteiger partial charge is 0.393 e. The molecule has 2 heterocycles. The number of nitrogens with zero attached hydrogens (tertiary/aromatic N) is 1. The van der Waals surface area contributed by atoms with Crippen molar-refractivity contribution in [2.24, 2.45) is 52.3 Å². The first kappa shape index (κ1) is 31.5. The summed E-state index contributed by atoms with van der Waals surface area (Å²) >= 11 is 6.31. The monoisotopic (exact) mass is 623 g/mol. The van der Waals surface area contributed by atoms with E-state index in [1.54, 1.807) is 18.5 Å². The molecule has 4 saturated carbocycles. The van der Waals surface area contributed by atoms with E-state index in [0.717, 1.165) is 37.7 Å². The van der Waals surface area contributed by atoms with Crippen molar-refractivity contribution >= 4 is 19.4 Å². The first-order valence-electron chi connectivity index (χ1n) is 16.5. The fourth-order valence-corrected chi connectivity index (χ4v) is 12.5. The third-order valence-corrected chi connectivity index (χ3v) is 14.8. The Morgan fingerprint density at radius 1 is 1.12 bits per heavy atom. The van der Waals surface area contributed by atoms with Crippen LogP contribution in [-0.4, -0.2) is 40.6 Å². The number of aliphatic hydroxyl groups excluding tert-OH is 2. The number of halogens is 1. The predicted octanol–water partition coefficient (Wildman–Crippen LogP) is 7.99. The Morgan fingerprint density at radius 2 is 1.88 bits per heavy atom. The largest absolute Gasteiger partial charge is 0.475 e. The second-order valence-electron chi connectivity index (χ2n) is 14.8. The van der Waals surface area contributed by atoms with Crippen molar-refractivity contribution in [2.75, 3.05) is 13.2 Å². The molecule has 5 aliphatic rings. The van der Waals surface area contributed by atoms with Crippen LogP contribution < -0.4 is 0 Å². The first-order chi connectivity index (χ1) is 20.0. The minimum Gasteiger partial charge on any atom is -0.393 e. The van der Waals surface area contributed by atoms with Gasteiger partial charge in [-0.2, -0.15) is 0 Å². The summed E-state index contributed by atoms with van der Waals surface area (Å²) in [5.41, 5.74) is 1.16. The zero-order chi connectivity index (χ0) is 29.9. The molecule has 1 aromatic heterocycles.